The van der Waals surface area contributed by atoms with Gasteiger partial charge in [0.2, 0.25) is 11.8 Å². The number of hydrogen-bond acceptors (Lipinski definition) is 5. The van der Waals surface area contributed by atoms with Crippen LogP contribution in [0.2, 0.25) is 0 Å². The summed E-state index contributed by atoms with van der Waals surface area (Å²) in [6, 6.07) is 2.14. The second-order valence-electron chi connectivity index (χ2n) is 7.57. The molecule has 26 heavy (non-hydrogen) atoms. The third-order valence-electron chi connectivity index (χ3n) is 5.64. The zero-order valence-electron chi connectivity index (χ0n) is 15.5. The molecule has 7 heteroatoms. The summed E-state index contributed by atoms with van der Waals surface area (Å²) in [4.78, 5) is 32.6. The number of carbonyl (C=O) groups excluding carboxylic acids is 2. The third kappa shape index (κ3) is 3.66. The van der Waals surface area contributed by atoms with Crippen molar-refractivity contribution in [2.75, 3.05) is 39.3 Å². The van der Waals surface area contributed by atoms with E-state index in [4.69, 9.17) is 0 Å². The Kier molecular flexibility index (Phi) is 5.30. The van der Waals surface area contributed by atoms with Crippen LogP contribution in [0.1, 0.15) is 35.6 Å². The lowest BCUT2D eigenvalue weighted by atomic mass is 10.2. The summed E-state index contributed by atoms with van der Waals surface area (Å²) < 4.78 is 0. The predicted octanol–water partition coefficient (Wildman–Crippen LogP) is 2.57. The van der Waals surface area contributed by atoms with Crippen LogP contribution in [0.5, 0.6) is 0 Å². The fraction of sp³-hybridized carbons (Fsp3) is 0.684. The van der Waals surface area contributed by atoms with Gasteiger partial charge in [0.1, 0.15) is 5.37 Å². The van der Waals surface area contributed by atoms with Crippen LogP contribution in [0.3, 0.4) is 0 Å². The van der Waals surface area contributed by atoms with Gasteiger partial charge in [-0.25, -0.2) is 0 Å². The van der Waals surface area contributed by atoms with Gasteiger partial charge in [0.15, 0.2) is 0 Å². The maximum atomic E-state index is 12.7. The van der Waals surface area contributed by atoms with Crippen molar-refractivity contribution in [1.82, 2.24) is 14.7 Å². The van der Waals surface area contributed by atoms with Gasteiger partial charge in [-0.05, 0) is 43.7 Å². The minimum absolute atomic E-state index is 0.0366. The molecule has 2 aliphatic heterocycles. The number of carbonyl (C=O) groups is 2. The summed E-state index contributed by atoms with van der Waals surface area (Å²) in [6.07, 6.45) is 2.16. The molecule has 0 bridgehead atoms. The van der Waals surface area contributed by atoms with Crippen molar-refractivity contribution in [3.8, 4) is 0 Å². The topological polar surface area (TPSA) is 43.9 Å². The van der Waals surface area contributed by atoms with Crippen molar-refractivity contribution in [3.63, 3.8) is 0 Å². The minimum atomic E-state index is 0.0366. The first-order valence-electron chi connectivity index (χ1n) is 9.55. The molecule has 1 aromatic rings. The van der Waals surface area contributed by atoms with Crippen LogP contribution in [0, 0.1) is 12.8 Å². The fourth-order valence-electron chi connectivity index (χ4n) is 3.77. The second kappa shape index (κ2) is 7.52. The maximum Gasteiger partial charge on any atom is 0.236 e. The van der Waals surface area contributed by atoms with Crippen molar-refractivity contribution < 1.29 is 9.59 Å². The number of rotatable bonds is 5. The van der Waals surface area contributed by atoms with E-state index in [0.29, 0.717) is 11.8 Å². The fourth-order valence-corrected chi connectivity index (χ4v) is 6.33. The lowest BCUT2D eigenvalue weighted by Gasteiger charge is -2.36. The Hall–Kier alpha value is -1.05. The summed E-state index contributed by atoms with van der Waals surface area (Å²) in [5.74, 6) is 0.935. The van der Waals surface area contributed by atoms with E-state index in [0.717, 1.165) is 52.1 Å². The lowest BCUT2D eigenvalue weighted by Crippen LogP contribution is -2.51. The van der Waals surface area contributed by atoms with E-state index in [1.807, 2.05) is 11.8 Å². The molecule has 4 rings (SSSR count). The molecule has 3 fully saturated rings. The van der Waals surface area contributed by atoms with E-state index in [-0.39, 0.29) is 16.5 Å². The van der Waals surface area contributed by atoms with E-state index in [1.165, 1.54) is 10.4 Å². The highest BCUT2D eigenvalue weighted by atomic mass is 32.2. The average molecular weight is 394 g/mol. The molecule has 1 aromatic heterocycles. The van der Waals surface area contributed by atoms with Gasteiger partial charge in [-0.2, -0.15) is 0 Å². The van der Waals surface area contributed by atoms with E-state index >= 15 is 0 Å². The Morgan fingerprint density at radius 2 is 1.92 bits per heavy atom. The van der Waals surface area contributed by atoms with Crippen LogP contribution in [0.15, 0.2) is 11.4 Å². The van der Waals surface area contributed by atoms with Crippen molar-refractivity contribution in [3.05, 3.63) is 21.9 Å². The van der Waals surface area contributed by atoms with Gasteiger partial charge in [0, 0.05) is 50.1 Å². The molecule has 142 valence electrons. The van der Waals surface area contributed by atoms with E-state index in [9.17, 15) is 9.59 Å². The normalized spacial score (nSPS) is 27.4. The number of thiophene rings is 1. The van der Waals surface area contributed by atoms with Gasteiger partial charge in [0.05, 0.1) is 5.25 Å². The Labute approximate surface area is 163 Å². The number of amides is 2. The largest absolute Gasteiger partial charge is 0.340 e. The first kappa shape index (κ1) is 18.3. The smallest absolute Gasteiger partial charge is 0.236 e. The zero-order valence-corrected chi connectivity index (χ0v) is 17.2. The minimum Gasteiger partial charge on any atom is -0.340 e. The molecule has 0 radical (unpaired) electrons. The summed E-state index contributed by atoms with van der Waals surface area (Å²) >= 11 is 3.53. The number of hydrogen-bond donors (Lipinski definition) is 0. The molecule has 1 aliphatic carbocycles. The van der Waals surface area contributed by atoms with Gasteiger partial charge in [0.25, 0.3) is 0 Å². The van der Waals surface area contributed by atoms with Crippen molar-refractivity contribution in [2.24, 2.45) is 5.92 Å². The average Bonchev–Trinajstić information content (AvgIpc) is 3.35. The molecule has 1 saturated carbocycles. The number of thioether (sulfide) groups is 1. The Morgan fingerprint density at radius 3 is 2.54 bits per heavy atom. The zero-order chi connectivity index (χ0) is 18.3. The van der Waals surface area contributed by atoms with Crippen molar-refractivity contribution >= 4 is 34.9 Å². The molecule has 3 aliphatic rings. The standard InChI is InChI=1S/C19H27N3O2S2/c1-13-5-12-25-16(13)19-22(17(23)14(2)26-19)11-8-20-6-9-21(10-7-20)18(24)15-3-4-15/h5,12,14-15,19H,3-4,6-11H2,1-2H3. The summed E-state index contributed by atoms with van der Waals surface area (Å²) in [5.41, 5.74) is 1.28. The molecule has 2 saturated heterocycles. The van der Waals surface area contributed by atoms with Gasteiger partial charge in [-0.1, -0.05) is 0 Å². The quantitative estimate of drug-likeness (QED) is 0.771. The van der Waals surface area contributed by atoms with E-state index in [1.54, 1.807) is 23.1 Å². The highest BCUT2D eigenvalue weighted by Gasteiger charge is 2.40. The molecule has 2 unspecified atom stereocenters. The van der Waals surface area contributed by atoms with Crippen LogP contribution in [-0.4, -0.2) is 71.0 Å². The summed E-state index contributed by atoms with van der Waals surface area (Å²) in [6.45, 7) is 9.33. The summed E-state index contributed by atoms with van der Waals surface area (Å²) in [5, 5.41) is 2.32. The second-order valence-corrected chi connectivity index (χ2v) is 9.94. The van der Waals surface area contributed by atoms with Gasteiger partial charge < -0.3 is 9.80 Å². The van der Waals surface area contributed by atoms with Gasteiger partial charge in [-0.15, -0.1) is 23.1 Å². The first-order valence-corrected chi connectivity index (χ1v) is 11.4. The molecule has 2 atom stereocenters. The highest BCUT2D eigenvalue weighted by Crippen LogP contribution is 2.45. The Bertz CT molecular complexity index is 680. The van der Waals surface area contributed by atoms with Crippen LogP contribution in [0.4, 0.5) is 0 Å². The van der Waals surface area contributed by atoms with Gasteiger partial charge in [-0.3, -0.25) is 14.5 Å². The molecule has 2 amide bonds. The molecular formula is C19H27N3O2S2. The van der Waals surface area contributed by atoms with Crippen LogP contribution < -0.4 is 0 Å². The molecule has 0 N–H and O–H groups in total. The van der Waals surface area contributed by atoms with Crippen LogP contribution in [-0.2, 0) is 9.59 Å². The first-order chi connectivity index (χ1) is 12.5. The molecule has 0 aromatic carbocycles. The third-order valence-corrected chi connectivity index (χ3v) is 8.22. The van der Waals surface area contributed by atoms with E-state index in [2.05, 4.69) is 28.2 Å². The van der Waals surface area contributed by atoms with Gasteiger partial charge >= 0.3 is 0 Å². The molecular weight excluding hydrogens is 366 g/mol. The number of piperazine rings is 1. The monoisotopic (exact) mass is 393 g/mol. The Balaban J connectivity index is 1.32. The maximum absolute atomic E-state index is 12.7. The molecule has 0 spiro atoms. The van der Waals surface area contributed by atoms with Crippen molar-refractivity contribution in [2.45, 2.75) is 37.3 Å². The highest BCUT2D eigenvalue weighted by molar-refractivity contribution is 8.01. The number of nitrogens with zero attached hydrogens (tertiary/aromatic N) is 3. The van der Waals surface area contributed by atoms with Crippen LogP contribution in [0.25, 0.3) is 0 Å². The predicted molar refractivity (Wildman–Crippen MR) is 106 cm³/mol. The van der Waals surface area contributed by atoms with Crippen LogP contribution >= 0.6 is 23.1 Å². The lowest BCUT2D eigenvalue weighted by molar-refractivity contribution is -0.134. The SMILES string of the molecule is Cc1ccsc1C1SC(C)C(=O)N1CCN1CCN(C(=O)C2CC2)CC1. The number of aryl methyl sites for hydroxylation is 1. The molecule has 3 heterocycles. The summed E-state index contributed by atoms with van der Waals surface area (Å²) in [7, 11) is 0. The Morgan fingerprint density at radius 1 is 1.19 bits per heavy atom. The molecule has 5 nitrogen and oxygen atoms in total. The van der Waals surface area contributed by atoms with E-state index < -0.39 is 0 Å². The van der Waals surface area contributed by atoms with Crippen molar-refractivity contribution in [1.29, 1.82) is 0 Å².